The summed E-state index contributed by atoms with van der Waals surface area (Å²) in [6.45, 7) is 4.47. The number of hydrogen-bond acceptors (Lipinski definition) is 2. The van der Waals surface area contributed by atoms with Crippen LogP contribution in [0.5, 0.6) is 0 Å². The van der Waals surface area contributed by atoms with Gasteiger partial charge in [0, 0.05) is 12.6 Å². The standard InChI is InChI=1S/C9H20N2O2S/c1-8(2)7-10-14(12,13)11-9-5-3-4-6-9/h8-11H,3-7H2,1-2H3. The van der Waals surface area contributed by atoms with E-state index in [1.54, 1.807) is 0 Å². The Kier molecular flexibility index (Phi) is 4.34. The van der Waals surface area contributed by atoms with Gasteiger partial charge in [0.1, 0.15) is 0 Å². The zero-order valence-corrected chi connectivity index (χ0v) is 9.73. The maximum absolute atomic E-state index is 11.5. The highest BCUT2D eigenvalue weighted by Crippen LogP contribution is 2.17. The van der Waals surface area contributed by atoms with Crippen molar-refractivity contribution < 1.29 is 8.42 Å². The van der Waals surface area contributed by atoms with Crippen LogP contribution in [0.15, 0.2) is 0 Å². The molecule has 0 saturated heterocycles. The zero-order chi connectivity index (χ0) is 10.6. The van der Waals surface area contributed by atoms with E-state index in [1.807, 2.05) is 13.8 Å². The lowest BCUT2D eigenvalue weighted by atomic mass is 10.2. The number of nitrogens with one attached hydrogen (secondary N) is 2. The van der Waals surface area contributed by atoms with E-state index in [4.69, 9.17) is 0 Å². The lowest BCUT2D eigenvalue weighted by Gasteiger charge is -2.14. The summed E-state index contributed by atoms with van der Waals surface area (Å²) in [6, 6.07) is 0.152. The molecule has 2 N–H and O–H groups in total. The third-order valence-corrected chi connectivity index (χ3v) is 3.55. The maximum Gasteiger partial charge on any atom is 0.277 e. The van der Waals surface area contributed by atoms with Crippen LogP contribution in [0.1, 0.15) is 39.5 Å². The molecule has 0 radical (unpaired) electrons. The lowest BCUT2D eigenvalue weighted by Crippen LogP contribution is -2.42. The van der Waals surface area contributed by atoms with Crippen LogP contribution >= 0.6 is 0 Å². The molecule has 0 aromatic rings. The topological polar surface area (TPSA) is 58.2 Å². The first kappa shape index (κ1) is 11.9. The molecule has 0 unspecified atom stereocenters. The Morgan fingerprint density at radius 3 is 2.36 bits per heavy atom. The molecule has 0 heterocycles. The van der Waals surface area contributed by atoms with Gasteiger partial charge in [-0.15, -0.1) is 0 Å². The van der Waals surface area contributed by atoms with Crippen molar-refractivity contribution >= 4 is 10.2 Å². The highest BCUT2D eigenvalue weighted by molar-refractivity contribution is 7.87. The van der Waals surface area contributed by atoms with Crippen molar-refractivity contribution in [3.05, 3.63) is 0 Å². The summed E-state index contributed by atoms with van der Waals surface area (Å²) in [5.41, 5.74) is 0. The number of hydrogen-bond donors (Lipinski definition) is 2. The van der Waals surface area contributed by atoms with Gasteiger partial charge in [0.2, 0.25) is 0 Å². The van der Waals surface area contributed by atoms with Crippen molar-refractivity contribution in [2.24, 2.45) is 5.92 Å². The van der Waals surface area contributed by atoms with Gasteiger partial charge in [-0.3, -0.25) is 0 Å². The molecule has 84 valence electrons. The minimum atomic E-state index is -3.26. The first-order chi connectivity index (χ1) is 6.49. The molecule has 0 aromatic heterocycles. The second-order valence-electron chi connectivity index (χ2n) is 4.34. The minimum absolute atomic E-state index is 0.152. The SMILES string of the molecule is CC(C)CNS(=O)(=O)NC1CCCC1. The van der Waals surface area contributed by atoms with Gasteiger partial charge in [0.25, 0.3) is 10.2 Å². The van der Waals surface area contributed by atoms with E-state index in [0.29, 0.717) is 12.5 Å². The summed E-state index contributed by atoms with van der Waals surface area (Å²) < 4.78 is 28.2. The molecule has 0 bridgehead atoms. The van der Waals surface area contributed by atoms with Crippen LogP contribution in [-0.4, -0.2) is 21.0 Å². The van der Waals surface area contributed by atoms with Gasteiger partial charge < -0.3 is 0 Å². The van der Waals surface area contributed by atoms with E-state index in [2.05, 4.69) is 9.44 Å². The smallest absolute Gasteiger partial charge is 0.202 e. The molecule has 0 spiro atoms. The van der Waals surface area contributed by atoms with Crippen LogP contribution < -0.4 is 9.44 Å². The van der Waals surface area contributed by atoms with Crippen molar-refractivity contribution in [2.45, 2.75) is 45.6 Å². The van der Waals surface area contributed by atoms with Crippen LogP contribution in [0.2, 0.25) is 0 Å². The fourth-order valence-electron chi connectivity index (χ4n) is 1.58. The number of rotatable bonds is 5. The van der Waals surface area contributed by atoms with E-state index in [-0.39, 0.29) is 6.04 Å². The molecule has 1 fully saturated rings. The summed E-state index contributed by atoms with van der Waals surface area (Å²) in [7, 11) is -3.26. The molecule has 0 aromatic carbocycles. The molecule has 4 nitrogen and oxygen atoms in total. The van der Waals surface area contributed by atoms with E-state index < -0.39 is 10.2 Å². The lowest BCUT2D eigenvalue weighted by molar-refractivity contribution is 0.526. The molecule has 0 atom stereocenters. The fraction of sp³-hybridized carbons (Fsp3) is 1.00. The molecule has 1 rings (SSSR count). The average molecular weight is 220 g/mol. The van der Waals surface area contributed by atoms with Crippen molar-refractivity contribution in [2.75, 3.05) is 6.54 Å². The first-order valence-electron chi connectivity index (χ1n) is 5.26. The Labute approximate surface area is 86.6 Å². The van der Waals surface area contributed by atoms with Crippen LogP contribution in [-0.2, 0) is 10.2 Å². The summed E-state index contributed by atoms with van der Waals surface area (Å²) >= 11 is 0. The largest absolute Gasteiger partial charge is 0.277 e. The summed E-state index contributed by atoms with van der Waals surface area (Å²) in [4.78, 5) is 0. The fourth-order valence-corrected chi connectivity index (χ4v) is 2.89. The highest BCUT2D eigenvalue weighted by Gasteiger charge is 2.20. The minimum Gasteiger partial charge on any atom is -0.202 e. The van der Waals surface area contributed by atoms with Gasteiger partial charge in [-0.05, 0) is 18.8 Å². The summed E-state index contributed by atoms with van der Waals surface area (Å²) in [5, 5.41) is 0. The Morgan fingerprint density at radius 2 is 1.86 bits per heavy atom. The second kappa shape index (κ2) is 5.09. The predicted octanol–water partition coefficient (Wildman–Crippen LogP) is 1.01. The van der Waals surface area contributed by atoms with Crippen LogP contribution in [0, 0.1) is 5.92 Å². The molecule has 14 heavy (non-hydrogen) atoms. The van der Waals surface area contributed by atoms with E-state index in [0.717, 1.165) is 25.7 Å². The molecular formula is C9H20N2O2S. The van der Waals surface area contributed by atoms with E-state index in [9.17, 15) is 8.42 Å². The van der Waals surface area contributed by atoms with Crippen LogP contribution in [0.3, 0.4) is 0 Å². The Bertz CT molecular complexity index is 256. The molecule has 1 aliphatic carbocycles. The van der Waals surface area contributed by atoms with Crippen LogP contribution in [0.4, 0.5) is 0 Å². The van der Waals surface area contributed by atoms with Crippen molar-refractivity contribution in [1.82, 2.24) is 9.44 Å². The third kappa shape index (κ3) is 4.39. The summed E-state index contributed by atoms with van der Waals surface area (Å²) in [6.07, 6.45) is 4.22. The average Bonchev–Trinajstić information content (AvgIpc) is 2.53. The van der Waals surface area contributed by atoms with Crippen LogP contribution in [0.25, 0.3) is 0 Å². The Morgan fingerprint density at radius 1 is 1.29 bits per heavy atom. The molecular weight excluding hydrogens is 200 g/mol. The molecule has 0 aliphatic heterocycles. The van der Waals surface area contributed by atoms with Crippen molar-refractivity contribution in [1.29, 1.82) is 0 Å². The highest BCUT2D eigenvalue weighted by atomic mass is 32.2. The third-order valence-electron chi connectivity index (χ3n) is 2.36. The predicted molar refractivity (Wildman–Crippen MR) is 57.2 cm³/mol. The van der Waals surface area contributed by atoms with Gasteiger partial charge in [0.05, 0.1) is 0 Å². The van der Waals surface area contributed by atoms with Gasteiger partial charge >= 0.3 is 0 Å². The molecule has 1 aliphatic rings. The Balaban J connectivity index is 2.33. The Hall–Kier alpha value is -0.130. The van der Waals surface area contributed by atoms with Gasteiger partial charge in [0.15, 0.2) is 0 Å². The van der Waals surface area contributed by atoms with Gasteiger partial charge in [-0.2, -0.15) is 13.1 Å². The van der Waals surface area contributed by atoms with Crippen molar-refractivity contribution in [3.8, 4) is 0 Å². The van der Waals surface area contributed by atoms with E-state index >= 15 is 0 Å². The van der Waals surface area contributed by atoms with Crippen molar-refractivity contribution in [3.63, 3.8) is 0 Å². The monoisotopic (exact) mass is 220 g/mol. The van der Waals surface area contributed by atoms with Gasteiger partial charge in [-0.25, -0.2) is 4.72 Å². The summed E-state index contributed by atoms with van der Waals surface area (Å²) in [5.74, 6) is 0.343. The first-order valence-corrected chi connectivity index (χ1v) is 6.75. The van der Waals surface area contributed by atoms with Gasteiger partial charge in [-0.1, -0.05) is 26.7 Å². The molecule has 0 amide bonds. The molecule has 1 saturated carbocycles. The van der Waals surface area contributed by atoms with E-state index in [1.165, 1.54) is 0 Å². The normalized spacial score (nSPS) is 19.4. The zero-order valence-electron chi connectivity index (χ0n) is 8.91. The molecule has 5 heteroatoms. The second-order valence-corrected chi connectivity index (χ2v) is 5.88. The maximum atomic E-state index is 11.5. The quantitative estimate of drug-likeness (QED) is 0.726.